The maximum absolute atomic E-state index is 13.2. The van der Waals surface area contributed by atoms with Crippen LogP contribution in [-0.2, 0) is 13.3 Å². The van der Waals surface area contributed by atoms with Gasteiger partial charge in [-0.3, -0.25) is 9.48 Å². The van der Waals surface area contributed by atoms with E-state index in [1.165, 1.54) is 47.3 Å². The molecule has 0 radical (unpaired) electrons. The minimum absolute atomic E-state index is 0.00556. The van der Waals surface area contributed by atoms with E-state index in [-0.39, 0.29) is 17.4 Å². The highest BCUT2D eigenvalue weighted by Gasteiger charge is 2.12. The fourth-order valence-corrected chi connectivity index (χ4v) is 3.19. The molecule has 1 N–H and O–H groups in total. The second-order valence-corrected chi connectivity index (χ2v) is 7.52. The number of halogens is 4. The van der Waals surface area contributed by atoms with Crippen molar-refractivity contribution in [2.24, 2.45) is 0 Å². The molecule has 1 amide bonds. The van der Waals surface area contributed by atoms with Crippen molar-refractivity contribution in [2.75, 3.05) is 5.32 Å². The smallest absolute Gasteiger partial charge is 0.276 e. The van der Waals surface area contributed by atoms with Crippen molar-refractivity contribution in [3.05, 3.63) is 94.0 Å². The molecule has 164 valence electrons. The third-order valence-electron chi connectivity index (χ3n) is 4.37. The van der Waals surface area contributed by atoms with E-state index >= 15 is 0 Å². The van der Waals surface area contributed by atoms with Crippen LogP contribution in [0.4, 0.5) is 14.5 Å². The van der Waals surface area contributed by atoms with Gasteiger partial charge in [-0.2, -0.15) is 10.2 Å². The maximum Gasteiger partial charge on any atom is 0.276 e. The number of benzene rings is 2. The third-order valence-corrected chi connectivity index (χ3v) is 5.01. The summed E-state index contributed by atoms with van der Waals surface area (Å²) in [5, 5.41) is 11.3. The quantitative estimate of drug-likeness (QED) is 0.406. The van der Waals surface area contributed by atoms with Crippen LogP contribution < -0.4 is 10.1 Å². The fourth-order valence-electron chi connectivity index (χ4n) is 2.80. The van der Waals surface area contributed by atoms with Gasteiger partial charge in [-0.25, -0.2) is 13.5 Å². The number of nitrogens with one attached hydrogen (secondary N) is 1. The van der Waals surface area contributed by atoms with Crippen LogP contribution in [0.1, 0.15) is 16.1 Å². The van der Waals surface area contributed by atoms with Gasteiger partial charge in [-0.15, -0.1) is 0 Å². The summed E-state index contributed by atoms with van der Waals surface area (Å²) in [5.74, 6) is -1.03. The van der Waals surface area contributed by atoms with Gasteiger partial charge in [0.15, 0.2) is 12.4 Å². The average molecular weight is 478 g/mol. The van der Waals surface area contributed by atoms with E-state index in [2.05, 4.69) is 15.5 Å². The normalized spacial score (nSPS) is 10.9. The summed E-state index contributed by atoms with van der Waals surface area (Å²) in [6.07, 6.45) is 4.67. The Balaban J connectivity index is 1.34. The molecule has 4 rings (SSSR count). The lowest BCUT2D eigenvalue weighted by Gasteiger charge is -2.06. The number of carbonyl (C=O) groups is 1. The Morgan fingerprint density at radius 1 is 1.06 bits per heavy atom. The lowest BCUT2D eigenvalue weighted by molar-refractivity contribution is 0.102. The van der Waals surface area contributed by atoms with Crippen molar-refractivity contribution in [2.45, 2.75) is 13.3 Å². The van der Waals surface area contributed by atoms with Gasteiger partial charge in [-0.1, -0.05) is 29.3 Å². The number of carbonyl (C=O) groups excluding carboxylic acids is 1. The Kier molecular flexibility index (Phi) is 6.38. The monoisotopic (exact) mass is 477 g/mol. The van der Waals surface area contributed by atoms with Gasteiger partial charge in [0.2, 0.25) is 0 Å². The van der Waals surface area contributed by atoms with Gasteiger partial charge < -0.3 is 10.1 Å². The Morgan fingerprint density at radius 3 is 2.69 bits per heavy atom. The van der Waals surface area contributed by atoms with E-state index in [1.54, 1.807) is 23.1 Å². The second kappa shape index (κ2) is 9.37. The molecule has 0 aliphatic rings. The molecule has 4 aromatic rings. The first-order chi connectivity index (χ1) is 15.4. The highest BCUT2D eigenvalue weighted by molar-refractivity contribution is 6.31. The molecule has 0 saturated heterocycles. The van der Waals surface area contributed by atoms with Crippen LogP contribution in [0.5, 0.6) is 5.75 Å². The predicted octanol–water partition coefficient (Wildman–Crippen LogP) is 5.00. The third kappa shape index (κ3) is 5.24. The van der Waals surface area contributed by atoms with Gasteiger partial charge in [0.05, 0.1) is 23.5 Å². The summed E-state index contributed by atoms with van der Waals surface area (Å²) >= 11 is 11.8. The molecule has 32 heavy (non-hydrogen) atoms. The standard InChI is InChI=1S/C21H15Cl2F2N5O2/c22-17-7-14(24)2-1-13(17)10-30-11-15(9-26-30)27-21(31)20-5-6-29(28-20)12-32-16-3-4-19(25)18(23)8-16/h1-9,11H,10,12H2,(H,27,31). The number of hydrogen-bond acceptors (Lipinski definition) is 4. The largest absolute Gasteiger partial charge is 0.471 e. The van der Waals surface area contributed by atoms with Crippen molar-refractivity contribution in [3.63, 3.8) is 0 Å². The topological polar surface area (TPSA) is 74.0 Å². The number of rotatable bonds is 7. The molecule has 0 bridgehead atoms. The maximum atomic E-state index is 13.2. The van der Waals surface area contributed by atoms with Gasteiger partial charge in [0, 0.05) is 23.5 Å². The molecular weight excluding hydrogens is 463 g/mol. The molecule has 2 aromatic heterocycles. The Labute approximate surface area is 191 Å². The van der Waals surface area contributed by atoms with E-state index in [0.717, 1.165) is 0 Å². The first kappa shape index (κ1) is 21.8. The van der Waals surface area contributed by atoms with Crippen molar-refractivity contribution in [3.8, 4) is 5.75 Å². The van der Waals surface area contributed by atoms with E-state index in [9.17, 15) is 13.6 Å². The number of anilines is 1. The molecule has 0 unspecified atom stereocenters. The van der Waals surface area contributed by atoms with Crippen molar-refractivity contribution >= 4 is 34.8 Å². The fraction of sp³-hybridized carbons (Fsp3) is 0.0952. The molecule has 2 heterocycles. The summed E-state index contributed by atoms with van der Waals surface area (Å²) in [6.45, 7) is 0.319. The molecule has 0 aliphatic carbocycles. The summed E-state index contributed by atoms with van der Waals surface area (Å²) in [4.78, 5) is 12.5. The minimum atomic E-state index is -0.541. The molecule has 7 nitrogen and oxygen atoms in total. The van der Waals surface area contributed by atoms with Gasteiger partial charge in [0.25, 0.3) is 5.91 Å². The van der Waals surface area contributed by atoms with Crippen LogP contribution in [0.15, 0.2) is 61.1 Å². The second-order valence-electron chi connectivity index (χ2n) is 6.71. The lowest BCUT2D eigenvalue weighted by atomic mass is 10.2. The van der Waals surface area contributed by atoms with Crippen molar-refractivity contribution in [1.82, 2.24) is 19.6 Å². The van der Waals surface area contributed by atoms with E-state index < -0.39 is 17.5 Å². The molecule has 0 aliphatic heterocycles. The molecule has 0 spiro atoms. The van der Waals surface area contributed by atoms with Gasteiger partial charge in [0.1, 0.15) is 17.4 Å². The zero-order chi connectivity index (χ0) is 22.7. The van der Waals surface area contributed by atoms with Crippen LogP contribution in [0.25, 0.3) is 0 Å². The van der Waals surface area contributed by atoms with E-state index in [4.69, 9.17) is 27.9 Å². The number of ether oxygens (including phenoxy) is 1. The summed E-state index contributed by atoms with van der Waals surface area (Å²) < 4.78 is 34.8. The molecule has 2 aromatic carbocycles. The number of hydrogen-bond donors (Lipinski definition) is 1. The lowest BCUT2D eigenvalue weighted by Crippen LogP contribution is -2.14. The summed E-state index contributed by atoms with van der Waals surface area (Å²) in [7, 11) is 0. The Hall–Kier alpha value is -3.43. The summed E-state index contributed by atoms with van der Waals surface area (Å²) in [6, 6.07) is 9.64. The zero-order valence-electron chi connectivity index (χ0n) is 16.3. The first-order valence-electron chi connectivity index (χ1n) is 9.26. The van der Waals surface area contributed by atoms with Crippen molar-refractivity contribution < 1.29 is 18.3 Å². The molecule has 0 fully saturated rings. The van der Waals surface area contributed by atoms with E-state index in [0.29, 0.717) is 28.6 Å². The average Bonchev–Trinajstić information content (AvgIpc) is 3.40. The molecular formula is C21H15Cl2F2N5O2. The molecule has 0 saturated carbocycles. The number of aromatic nitrogens is 4. The SMILES string of the molecule is O=C(Nc1cnn(Cc2ccc(F)cc2Cl)c1)c1ccn(COc2ccc(F)c(Cl)c2)n1. The van der Waals surface area contributed by atoms with Crippen LogP contribution in [0, 0.1) is 11.6 Å². The molecule has 11 heteroatoms. The predicted molar refractivity (Wildman–Crippen MR) is 115 cm³/mol. The van der Waals surface area contributed by atoms with Crippen LogP contribution >= 0.6 is 23.2 Å². The van der Waals surface area contributed by atoms with E-state index in [1.807, 2.05) is 0 Å². The highest BCUT2D eigenvalue weighted by atomic mass is 35.5. The van der Waals surface area contributed by atoms with Gasteiger partial charge in [-0.05, 0) is 35.9 Å². The summed E-state index contributed by atoms with van der Waals surface area (Å²) in [5.41, 5.74) is 1.32. The Morgan fingerprint density at radius 2 is 1.91 bits per heavy atom. The van der Waals surface area contributed by atoms with Crippen LogP contribution in [-0.4, -0.2) is 25.5 Å². The molecule has 0 atom stereocenters. The minimum Gasteiger partial charge on any atom is -0.471 e. The first-order valence-corrected chi connectivity index (χ1v) is 10.0. The van der Waals surface area contributed by atoms with Gasteiger partial charge >= 0.3 is 0 Å². The van der Waals surface area contributed by atoms with Crippen molar-refractivity contribution in [1.29, 1.82) is 0 Å². The zero-order valence-corrected chi connectivity index (χ0v) is 17.8. The highest BCUT2D eigenvalue weighted by Crippen LogP contribution is 2.21. The van der Waals surface area contributed by atoms with Crippen LogP contribution in [0.2, 0.25) is 10.0 Å². The Bertz CT molecular complexity index is 1270. The van der Waals surface area contributed by atoms with Crippen LogP contribution in [0.3, 0.4) is 0 Å². The number of amides is 1. The number of nitrogens with zero attached hydrogens (tertiary/aromatic N) is 4.